The van der Waals surface area contributed by atoms with Crippen molar-refractivity contribution in [3.05, 3.63) is 16.5 Å². The van der Waals surface area contributed by atoms with E-state index in [-0.39, 0.29) is 30.6 Å². The number of rotatable bonds is 7. The number of esters is 1. The first kappa shape index (κ1) is 20.9. The molecule has 1 saturated heterocycles. The van der Waals surface area contributed by atoms with Gasteiger partial charge in [-0.15, -0.1) is 11.3 Å². The fourth-order valence-electron chi connectivity index (χ4n) is 3.29. The van der Waals surface area contributed by atoms with Crippen LogP contribution in [0.15, 0.2) is 5.38 Å². The van der Waals surface area contributed by atoms with E-state index in [1.807, 2.05) is 19.2 Å². The van der Waals surface area contributed by atoms with Crippen LogP contribution < -0.4 is 5.32 Å². The third kappa shape index (κ3) is 5.79. The number of hydrogen-bond acceptors (Lipinski definition) is 6. The van der Waals surface area contributed by atoms with Crippen molar-refractivity contribution in [2.45, 2.75) is 53.2 Å². The molecule has 1 aliphatic heterocycles. The maximum absolute atomic E-state index is 12.5. The second-order valence-electron chi connectivity index (χ2n) is 7.28. The van der Waals surface area contributed by atoms with E-state index < -0.39 is 0 Å². The van der Waals surface area contributed by atoms with E-state index >= 15 is 0 Å². The van der Waals surface area contributed by atoms with Gasteiger partial charge in [0.25, 0.3) is 0 Å². The number of amides is 1. The lowest BCUT2D eigenvalue weighted by Crippen LogP contribution is -2.48. The molecule has 1 aromatic heterocycles. The predicted octanol–water partition coefficient (Wildman–Crippen LogP) is 3.17. The molecular weight excluding hydrogens is 352 g/mol. The number of hydrogen-bond donors (Lipinski definition) is 1. The van der Waals surface area contributed by atoms with Crippen molar-refractivity contribution in [3.63, 3.8) is 0 Å². The molecule has 2 unspecified atom stereocenters. The van der Waals surface area contributed by atoms with Crippen LogP contribution in [0.5, 0.6) is 0 Å². The Bertz CT molecular complexity index is 619. The molecule has 1 aromatic rings. The van der Waals surface area contributed by atoms with Crippen molar-refractivity contribution in [3.8, 4) is 0 Å². The summed E-state index contributed by atoms with van der Waals surface area (Å²) in [6.07, 6.45) is 1.00. The van der Waals surface area contributed by atoms with Crippen molar-refractivity contribution in [2.75, 3.05) is 31.6 Å². The zero-order valence-corrected chi connectivity index (χ0v) is 17.1. The Kier molecular flexibility index (Phi) is 7.61. The van der Waals surface area contributed by atoms with Gasteiger partial charge in [0.15, 0.2) is 0 Å². The average molecular weight is 383 g/mol. The predicted molar refractivity (Wildman–Crippen MR) is 104 cm³/mol. The van der Waals surface area contributed by atoms with Crippen molar-refractivity contribution in [1.82, 2.24) is 4.90 Å². The summed E-state index contributed by atoms with van der Waals surface area (Å²) in [6, 6.07) is 0. The van der Waals surface area contributed by atoms with Crippen LogP contribution in [0.3, 0.4) is 0 Å². The first-order valence-electron chi connectivity index (χ1n) is 9.25. The topological polar surface area (TPSA) is 67.9 Å². The van der Waals surface area contributed by atoms with Gasteiger partial charge in [-0.05, 0) is 44.1 Å². The number of anilines is 1. The zero-order chi connectivity index (χ0) is 19.3. The molecule has 1 amide bonds. The SMILES string of the molecule is CCOC(=O)c1c(CC(C)C)csc1NC(=O)CN1CC(C)OC(C)C1. The van der Waals surface area contributed by atoms with E-state index in [0.717, 1.165) is 25.1 Å². The second kappa shape index (κ2) is 9.48. The number of ether oxygens (including phenoxy) is 2. The van der Waals surface area contributed by atoms with Gasteiger partial charge in [-0.2, -0.15) is 0 Å². The Balaban J connectivity index is 2.08. The number of carbonyl (C=O) groups excluding carboxylic acids is 2. The lowest BCUT2D eigenvalue weighted by Gasteiger charge is -2.34. The summed E-state index contributed by atoms with van der Waals surface area (Å²) >= 11 is 1.39. The first-order valence-corrected chi connectivity index (χ1v) is 10.1. The third-order valence-corrected chi connectivity index (χ3v) is 5.03. The van der Waals surface area contributed by atoms with Gasteiger partial charge in [-0.1, -0.05) is 13.8 Å². The van der Waals surface area contributed by atoms with Crippen molar-refractivity contribution in [2.24, 2.45) is 5.92 Å². The molecule has 0 aromatic carbocycles. The van der Waals surface area contributed by atoms with Gasteiger partial charge in [0.05, 0.1) is 30.9 Å². The molecule has 0 radical (unpaired) electrons. The summed E-state index contributed by atoms with van der Waals surface area (Å²) in [7, 11) is 0. The smallest absolute Gasteiger partial charge is 0.341 e. The van der Waals surface area contributed by atoms with Crippen molar-refractivity contribution < 1.29 is 19.1 Å². The quantitative estimate of drug-likeness (QED) is 0.734. The molecule has 1 aliphatic rings. The highest BCUT2D eigenvalue weighted by Gasteiger charge is 2.26. The Hall–Kier alpha value is -1.44. The minimum atomic E-state index is -0.367. The highest BCUT2D eigenvalue weighted by atomic mass is 32.1. The summed E-state index contributed by atoms with van der Waals surface area (Å²) in [6.45, 7) is 12.1. The molecule has 146 valence electrons. The van der Waals surface area contributed by atoms with E-state index in [1.54, 1.807) is 6.92 Å². The molecule has 0 bridgehead atoms. The van der Waals surface area contributed by atoms with Crippen LogP contribution in [0, 0.1) is 5.92 Å². The van der Waals surface area contributed by atoms with Crippen molar-refractivity contribution >= 4 is 28.2 Å². The monoisotopic (exact) mass is 382 g/mol. The summed E-state index contributed by atoms with van der Waals surface area (Å²) in [5.74, 6) is -0.0687. The molecule has 2 atom stereocenters. The van der Waals surface area contributed by atoms with Gasteiger partial charge in [0.2, 0.25) is 5.91 Å². The maximum Gasteiger partial charge on any atom is 0.341 e. The van der Waals surface area contributed by atoms with E-state index in [1.165, 1.54) is 11.3 Å². The number of nitrogens with zero attached hydrogens (tertiary/aromatic N) is 1. The lowest BCUT2D eigenvalue weighted by molar-refractivity contribution is -0.121. The summed E-state index contributed by atoms with van der Waals surface area (Å²) in [4.78, 5) is 27.0. The summed E-state index contributed by atoms with van der Waals surface area (Å²) in [5.41, 5.74) is 1.44. The van der Waals surface area contributed by atoms with Gasteiger partial charge < -0.3 is 14.8 Å². The third-order valence-electron chi connectivity index (χ3n) is 4.09. The highest BCUT2D eigenvalue weighted by Crippen LogP contribution is 2.31. The Morgan fingerprint density at radius 1 is 1.35 bits per heavy atom. The van der Waals surface area contributed by atoms with Crippen LogP contribution in [0.4, 0.5) is 5.00 Å². The number of nitrogens with one attached hydrogen (secondary N) is 1. The maximum atomic E-state index is 12.5. The summed E-state index contributed by atoms with van der Waals surface area (Å²) in [5, 5.41) is 5.44. The standard InChI is InChI=1S/C19H30N2O4S/c1-6-24-19(23)17-15(7-12(2)3)11-26-18(17)20-16(22)10-21-8-13(4)25-14(5)9-21/h11-14H,6-10H2,1-5H3,(H,20,22). The van der Waals surface area contributed by atoms with Crippen LogP contribution in [0.25, 0.3) is 0 Å². The van der Waals surface area contributed by atoms with Crippen molar-refractivity contribution in [1.29, 1.82) is 0 Å². The number of morpholine rings is 1. The fourth-order valence-corrected chi connectivity index (χ4v) is 4.26. The molecule has 2 heterocycles. The van der Waals surface area contributed by atoms with Crippen LogP contribution in [-0.2, 0) is 20.7 Å². The molecule has 26 heavy (non-hydrogen) atoms. The zero-order valence-electron chi connectivity index (χ0n) is 16.3. The normalized spacial score (nSPS) is 21.0. The molecule has 0 aliphatic carbocycles. The first-order chi connectivity index (χ1) is 12.3. The molecule has 1 N–H and O–H groups in total. The second-order valence-corrected chi connectivity index (χ2v) is 8.16. The Morgan fingerprint density at radius 3 is 2.58 bits per heavy atom. The van der Waals surface area contributed by atoms with E-state index in [9.17, 15) is 9.59 Å². The van der Waals surface area contributed by atoms with Gasteiger partial charge in [-0.25, -0.2) is 4.79 Å². The van der Waals surface area contributed by atoms with Crippen LogP contribution >= 0.6 is 11.3 Å². The molecule has 1 fully saturated rings. The van der Waals surface area contributed by atoms with Gasteiger partial charge >= 0.3 is 5.97 Å². The Labute approximate surface area is 159 Å². The number of carbonyl (C=O) groups is 2. The summed E-state index contributed by atoms with van der Waals surface area (Å²) < 4.78 is 10.9. The molecule has 2 rings (SSSR count). The van der Waals surface area contributed by atoms with Gasteiger partial charge in [0.1, 0.15) is 5.00 Å². The lowest BCUT2D eigenvalue weighted by atomic mass is 10.0. The average Bonchev–Trinajstić information content (AvgIpc) is 2.87. The van der Waals surface area contributed by atoms with Gasteiger partial charge in [0, 0.05) is 13.1 Å². The minimum Gasteiger partial charge on any atom is -0.462 e. The molecule has 7 heteroatoms. The fraction of sp³-hybridized carbons (Fsp3) is 0.684. The minimum absolute atomic E-state index is 0.112. The van der Waals surface area contributed by atoms with Gasteiger partial charge in [-0.3, -0.25) is 9.69 Å². The largest absolute Gasteiger partial charge is 0.462 e. The van der Waals surface area contributed by atoms with E-state index in [0.29, 0.717) is 23.1 Å². The molecule has 0 spiro atoms. The van der Waals surface area contributed by atoms with Crippen LogP contribution in [-0.4, -0.2) is 55.2 Å². The van der Waals surface area contributed by atoms with Crippen LogP contribution in [0.1, 0.15) is 50.5 Å². The van der Waals surface area contributed by atoms with E-state index in [2.05, 4.69) is 24.1 Å². The number of thiophene rings is 1. The highest BCUT2D eigenvalue weighted by molar-refractivity contribution is 7.15. The Morgan fingerprint density at radius 2 is 2.00 bits per heavy atom. The molecule has 0 saturated carbocycles. The van der Waals surface area contributed by atoms with Crippen LogP contribution in [0.2, 0.25) is 0 Å². The van der Waals surface area contributed by atoms with E-state index in [4.69, 9.17) is 9.47 Å². The molecule has 6 nitrogen and oxygen atoms in total. The molecular formula is C19H30N2O4S.